The molecule has 1 atom stereocenters. The smallest absolute Gasteiger partial charge is 0.227 e. The van der Waals surface area contributed by atoms with Crippen LogP contribution in [0.2, 0.25) is 5.02 Å². The van der Waals surface area contributed by atoms with Gasteiger partial charge < -0.3 is 10.2 Å². The van der Waals surface area contributed by atoms with Gasteiger partial charge in [-0.3, -0.25) is 9.59 Å². The number of hydrogen-bond donors (Lipinski definition) is 1. The molecule has 1 aromatic rings. The fourth-order valence-electron chi connectivity index (χ4n) is 2.90. The van der Waals surface area contributed by atoms with E-state index in [1.54, 1.807) is 4.90 Å². The van der Waals surface area contributed by atoms with Gasteiger partial charge in [-0.1, -0.05) is 17.7 Å². The number of amides is 2. The van der Waals surface area contributed by atoms with Gasteiger partial charge in [-0.05, 0) is 43.9 Å². The molecule has 112 valence electrons. The number of carbonyl (C=O) groups is 2. The molecule has 0 aromatic heterocycles. The largest absolute Gasteiger partial charge is 0.353 e. The van der Waals surface area contributed by atoms with E-state index < -0.39 is 0 Å². The third-order valence-electron chi connectivity index (χ3n) is 4.09. The van der Waals surface area contributed by atoms with Gasteiger partial charge in [-0.25, -0.2) is 0 Å². The van der Waals surface area contributed by atoms with E-state index in [-0.39, 0.29) is 24.2 Å². The number of carbonyl (C=O) groups excluding carboxylic acids is 2. The Morgan fingerprint density at radius 1 is 1.33 bits per heavy atom. The number of nitrogens with one attached hydrogen (secondary N) is 1. The average molecular weight is 307 g/mol. The van der Waals surface area contributed by atoms with E-state index in [0.29, 0.717) is 17.6 Å². The van der Waals surface area contributed by atoms with Gasteiger partial charge in [-0.2, -0.15) is 0 Å². The molecule has 1 unspecified atom stereocenters. The van der Waals surface area contributed by atoms with Crippen molar-refractivity contribution in [1.29, 1.82) is 0 Å². The molecule has 1 aliphatic carbocycles. The number of benzene rings is 1. The normalized spacial score (nSPS) is 21.8. The average Bonchev–Trinajstić information content (AvgIpc) is 3.11. The number of rotatable bonds is 3. The molecule has 1 aliphatic heterocycles. The molecule has 1 saturated heterocycles. The summed E-state index contributed by atoms with van der Waals surface area (Å²) in [5.41, 5.74) is 2.78. The first-order valence-electron chi connectivity index (χ1n) is 7.33. The third-order valence-corrected chi connectivity index (χ3v) is 4.38. The zero-order chi connectivity index (χ0) is 15.1. The predicted molar refractivity (Wildman–Crippen MR) is 82.6 cm³/mol. The summed E-state index contributed by atoms with van der Waals surface area (Å²) in [6.07, 6.45) is 2.38. The van der Waals surface area contributed by atoms with Crippen LogP contribution in [0.1, 0.15) is 30.4 Å². The molecule has 2 fully saturated rings. The highest BCUT2D eigenvalue weighted by Crippen LogP contribution is 2.35. The molecule has 2 aliphatic rings. The summed E-state index contributed by atoms with van der Waals surface area (Å²) in [5.74, 6) is -0.302. The summed E-state index contributed by atoms with van der Waals surface area (Å²) in [7, 11) is 0. The van der Waals surface area contributed by atoms with Crippen molar-refractivity contribution in [3.05, 3.63) is 28.3 Å². The van der Waals surface area contributed by atoms with Crippen LogP contribution in [0.3, 0.4) is 0 Å². The molecular formula is C16H19ClN2O2. The van der Waals surface area contributed by atoms with Gasteiger partial charge in [0.2, 0.25) is 11.8 Å². The summed E-state index contributed by atoms with van der Waals surface area (Å²) in [6.45, 7) is 4.33. The molecule has 1 heterocycles. The number of anilines is 1. The zero-order valence-electron chi connectivity index (χ0n) is 12.3. The maximum atomic E-state index is 12.3. The van der Waals surface area contributed by atoms with E-state index >= 15 is 0 Å². The number of hydrogen-bond acceptors (Lipinski definition) is 2. The first kappa shape index (κ1) is 14.4. The van der Waals surface area contributed by atoms with E-state index in [0.717, 1.165) is 29.7 Å². The van der Waals surface area contributed by atoms with Gasteiger partial charge in [0.25, 0.3) is 0 Å². The molecule has 1 saturated carbocycles. The fraction of sp³-hybridized carbons (Fsp3) is 0.500. The second-order valence-corrected chi connectivity index (χ2v) is 6.51. The van der Waals surface area contributed by atoms with E-state index in [4.69, 9.17) is 11.6 Å². The van der Waals surface area contributed by atoms with Crippen LogP contribution in [0.5, 0.6) is 0 Å². The number of halogens is 1. The quantitative estimate of drug-likeness (QED) is 0.933. The second kappa shape index (κ2) is 5.34. The Morgan fingerprint density at radius 2 is 2.05 bits per heavy atom. The molecule has 0 bridgehead atoms. The van der Waals surface area contributed by atoms with Gasteiger partial charge in [0.1, 0.15) is 0 Å². The lowest BCUT2D eigenvalue weighted by atomic mass is 10.1. The van der Waals surface area contributed by atoms with E-state index in [2.05, 4.69) is 5.32 Å². The van der Waals surface area contributed by atoms with Crippen molar-refractivity contribution in [3.63, 3.8) is 0 Å². The van der Waals surface area contributed by atoms with Crippen LogP contribution in [0.4, 0.5) is 5.69 Å². The highest BCUT2D eigenvalue weighted by atomic mass is 35.5. The molecule has 0 spiro atoms. The van der Waals surface area contributed by atoms with Crippen molar-refractivity contribution in [1.82, 2.24) is 5.32 Å². The topological polar surface area (TPSA) is 49.4 Å². The van der Waals surface area contributed by atoms with Crippen LogP contribution < -0.4 is 10.2 Å². The molecule has 21 heavy (non-hydrogen) atoms. The van der Waals surface area contributed by atoms with Crippen molar-refractivity contribution < 1.29 is 9.59 Å². The number of nitrogens with zero attached hydrogens (tertiary/aromatic N) is 1. The molecule has 3 rings (SSSR count). The minimum atomic E-state index is -0.269. The maximum Gasteiger partial charge on any atom is 0.227 e. The molecule has 5 heteroatoms. The lowest BCUT2D eigenvalue weighted by molar-refractivity contribution is -0.126. The lowest BCUT2D eigenvalue weighted by Crippen LogP contribution is -2.34. The Labute approximate surface area is 129 Å². The van der Waals surface area contributed by atoms with Gasteiger partial charge in [0.05, 0.1) is 16.6 Å². The van der Waals surface area contributed by atoms with E-state index in [9.17, 15) is 9.59 Å². The maximum absolute atomic E-state index is 12.3. The molecule has 1 N–H and O–H groups in total. The lowest BCUT2D eigenvalue weighted by Gasteiger charge is -2.21. The van der Waals surface area contributed by atoms with Crippen LogP contribution in [0.25, 0.3) is 0 Å². The van der Waals surface area contributed by atoms with E-state index in [1.807, 2.05) is 26.0 Å². The van der Waals surface area contributed by atoms with Crippen LogP contribution in [0, 0.1) is 19.8 Å². The minimum absolute atomic E-state index is 0.00534. The van der Waals surface area contributed by atoms with Crippen molar-refractivity contribution in [2.45, 2.75) is 39.2 Å². The Kier molecular flexibility index (Phi) is 3.66. The van der Waals surface area contributed by atoms with Crippen LogP contribution in [0.15, 0.2) is 12.1 Å². The van der Waals surface area contributed by atoms with E-state index in [1.165, 1.54) is 0 Å². The Bertz CT molecular complexity index is 587. The standard InChI is InChI=1S/C16H19ClN2O2/c1-9-5-10(2)15(13(17)6-9)19-8-11(7-14(19)20)16(21)18-12-3-4-12/h5-6,11-12H,3-4,7-8H2,1-2H3,(H,18,21). The van der Waals surface area contributed by atoms with Crippen molar-refractivity contribution in [3.8, 4) is 0 Å². The summed E-state index contributed by atoms with van der Waals surface area (Å²) in [5, 5.41) is 3.55. The van der Waals surface area contributed by atoms with Crippen molar-refractivity contribution >= 4 is 29.1 Å². The first-order valence-corrected chi connectivity index (χ1v) is 7.71. The fourth-order valence-corrected chi connectivity index (χ4v) is 3.32. The van der Waals surface area contributed by atoms with Gasteiger partial charge >= 0.3 is 0 Å². The van der Waals surface area contributed by atoms with Crippen LogP contribution in [-0.4, -0.2) is 24.4 Å². The minimum Gasteiger partial charge on any atom is -0.353 e. The van der Waals surface area contributed by atoms with Crippen molar-refractivity contribution in [2.75, 3.05) is 11.4 Å². The molecule has 2 amide bonds. The van der Waals surface area contributed by atoms with Gasteiger partial charge in [-0.15, -0.1) is 0 Å². The summed E-state index contributed by atoms with van der Waals surface area (Å²) >= 11 is 6.31. The molecule has 4 nitrogen and oxygen atoms in total. The Balaban J connectivity index is 1.80. The molecule has 1 aromatic carbocycles. The highest BCUT2D eigenvalue weighted by Gasteiger charge is 2.38. The predicted octanol–water partition coefficient (Wildman–Crippen LogP) is 2.59. The molecule has 0 radical (unpaired) electrons. The van der Waals surface area contributed by atoms with Crippen molar-refractivity contribution in [2.24, 2.45) is 5.92 Å². The van der Waals surface area contributed by atoms with Crippen LogP contribution in [-0.2, 0) is 9.59 Å². The summed E-state index contributed by atoms with van der Waals surface area (Å²) < 4.78 is 0. The second-order valence-electron chi connectivity index (χ2n) is 6.10. The van der Waals surface area contributed by atoms with Gasteiger partial charge in [0, 0.05) is 19.0 Å². The summed E-state index contributed by atoms with van der Waals surface area (Å²) in [4.78, 5) is 26.0. The highest BCUT2D eigenvalue weighted by molar-refractivity contribution is 6.34. The van der Waals surface area contributed by atoms with Crippen LogP contribution >= 0.6 is 11.6 Å². The Morgan fingerprint density at radius 3 is 2.67 bits per heavy atom. The van der Waals surface area contributed by atoms with Gasteiger partial charge in [0.15, 0.2) is 0 Å². The summed E-state index contributed by atoms with van der Waals surface area (Å²) in [6, 6.07) is 4.19. The third kappa shape index (κ3) is 2.91. The number of aryl methyl sites for hydroxylation is 2. The zero-order valence-corrected chi connectivity index (χ0v) is 13.0. The SMILES string of the molecule is Cc1cc(C)c(N2CC(C(=O)NC3CC3)CC2=O)c(Cl)c1. The monoisotopic (exact) mass is 306 g/mol. The first-order chi connectivity index (χ1) is 9.95. The molecular weight excluding hydrogens is 288 g/mol. The Hall–Kier alpha value is -1.55.